The van der Waals surface area contributed by atoms with Crippen LogP contribution in [0.4, 0.5) is 0 Å². The summed E-state index contributed by atoms with van der Waals surface area (Å²) < 4.78 is 2.35. The molecule has 0 bridgehead atoms. The largest absolute Gasteiger partial charge is 0.489 e. The number of para-hydroxylation sites is 3. The molecular formula is C32H22BNO2. The van der Waals surface area contributed by atoms with Gasteiger partial charge < -0.3 is 14.6 Å². The highest BCUT2D eigenvalue weighted by Gasteiger charge is 2.24. The predicted octanol–water partition coefficient (Wildman–Crippen LogP) is 6.44. The zero-order chi connectivity index (χ0) is 24.2. The molecule has 0 saturated heterocycles. The zero-order valence-electron chi connectivity index (χ0n) is 19.5. The molecule has 0 aliphatic rings. The van der Waals surface area contributed by atoms with Gasteiger partial charge in [-0.1, -0.05) is 103 Å². The fraction of sp³-hybridized carbons (Fsp3) is 0. The Morgan fingerprint density at radius 1 is 0.472 bits per heavy atom. The standard InChI is InChI=1S/C32H22BNO2/c35-33(36)31-25-16-6-4-14-23(25)30(24-15-5-7-17-26(24)31)28-19-10-18-27-22-13-8-9-20-29(22)34(32(27)28)21-11-2-1-3-12-21/h1-20,35-36H. The van der Waals surface area contributed by atoms with Gasteiger partial charge >= 0.3 is 7.12 Å². The molecule has 1 aromatic heterocycles. The number of benzene rings is 6. The molecule has 7 rings (SSSR count). The molecule has 0 spiro atoms. The van der Waals surface area contributed by atoms with Crippen LogP contribution in [0.5, 0.6) is 0 Å². The number of hydrogen-bond acceptors (Lipinski definition) is 2. The summed E-state index contributed by atoms with van der Waals surface area (Å²) in [7, 11) is -1.57. The van der Waals surface area contributed by atoms with E-state index in [1.165, 1.54) is 10.8 Å². The molecule has 0 radical (unpaired) electrons. The van der Waals surface area contributed by atoms with E-state index in [1.54, 1.807) is 0 Å². The fourth-order valence-electron chi connectivity index (χ4n) is 5.80. The van der Waals surface area contributed by atoms with Crippen LogP contribution in [0.15, 0.2) is 121 Å². The topological polar surface area (TPSA) is 45.4 Å². The van der Waals surface area contributed by atoms with Gasteiger partial charge in [-0.2, -0.15) is 0 Å². The van der Waals surface area contributed by atoms with Crippen LogP contribution in [-0.2, 0) is 0 Å². The normalized spacial score (nSPS) is 11.6. The van der Waals surface area contributed by atoms with Crippen LogP contribution in [0, 0.1) is 0 Å². The third kappa shape index (κ3) is 2.96. The van der Waals surface area contributed by atoms with Gasteiger partial charge in [0.1, 0.15) is 0 Å². The smallest absolute Gasteiger partial charge is 0.423 e. The first-order chi connectivity index (χ1) is 17.7. The number of nitrogens with zero attached hydrogens (tertiary/aromatic N) is 1. The monoisotopic (exact) mass is 463 g/mol. The third-order valence-electron chi connectivity index (χ3n) is 7.21. The molecule has 0 unspecified atom stereocenters. The summed E-state index contributed by atoms with van der Waals surface area (Å²) in [6.07, 6.45) is 0. The van der Waals surface area contributed by atoms with Crippen molar-refractivity contribution in [2.75, 3.05) is 0 Å². The molecule has 170 valence electrons. The van der Waals surface area contributed by atoms with E-state index in [-0.39, 0.29) is 0 Å². The lowest BCUT2D eigenvalue weighted by Crippen LogP contribution is -2.31. The number of fused-ring (bicyclic) bond motifs is 5. The molecule has 0 aliphatic heterocycles. The van der Waals surface area contributed by atoms with Crippen LogP contribution in [-0.4, -0.2) is 21.7 Å². The Labute approximate surface area is 208 Å². The van der Waals surface area contributed by atoms with Crippen LogP contribution in [0.25, 0.3) is 60.2 Å². The minimum atomic E-state index is -1.57. The Balaban J connectivity index is 1.74. The maximum Gasteiger partial charge on any atom is 0.489 e. The summed E-state index contributed by atoms with van der Waals surface area (Å²) in [5.74, 6) is 0. The van der Waals surface area contributed by atoms with Crippen molar-refractivity contribution in [3.05, 3.63) is 121 Å². The summed E-state index contributed by atoms with van der Waals surface area (Å²) in [6, 6.07) is 41.6. The van der Waals surface area contributed by atoms with Crippen molar-refractivity contribution < 1.29 is 10.0 Å². The molecule has 36 heavy (non-hydrogen) atoms. The molecule has 0 aliphatic carbocycles. The summed E-state index contributed by atoms with van der Waals surface area (Å²) in [5.41, 5.74) is 6.14. The molecule has 1 heterocycles. The van der Waals surface area contributed by atoms with Crippen molar-refractivity contribution in [1.29, 1.82) is 0 Å². The Kier molecular flexibility index (Phi) is 4.71. The first-order valence-electron chi connectivity index (χ1n) is 12.1. The van der Waals surface area contributed by atoms with Gasteiger partial charge in [-0.3, -0.25) is 0 Å². The molecule has 0 amide bonds. The van der Waals surface area contributed by atoms with Gasteiger partial charge in [-0.05, 0) is 50.8 Å². The van der Waals surface area contributed by atoms with Crippen LogP contribution in [0.3, 0.4) is 0 Å². The summed E-state index contributed by atoms with van der Waals surface area (Å²) in [5, 5.41) is 26.9. The average Bonchev–Trinajstić information content (AvgIpc) is 3.27. The second-order valence-electron chi connectivity index (χ2n) is 9.14. The van der Waals surface area contributed by atoms with Gasteiger partial charge in [0.2, 0.25) is 0 Å². The Morgan fingerprint density at radius 3 is 1.64 bits per heavy atom. The molecule has 7 aromatic rings. The van der Waals surface area contributed by atoms with Crippen molar-refractivity contribution in [3.8, 4) is 16.8 Å². The average molecular weight is 463 g/mol. The van der Waals surface area contributed by atoms with Gasteiger partial charge in [0.05, 0.1) is 11.0 Å². The Morgan fingerprint density at radius 2 is 1.00 bits per heavy atom. The summed E-state index contributed by atoms with van der Waals surface area (Å²) in [4.78, 5) is 0. The van der Waals surface area contributed by atoms with E-state index >= 15 is 0 Å². The maximum absolute atomic E-state index is 10.4. The number of rotatable bonds is 3. The van der Waals surface area contributed by atoms with E-state index in [1.807, 2.05) is 42.5 Å². The van der Waals surface area contributed by atoms with Crippen molar-refractivity contribution in [1.82, 2.24) is 4.57 Å². The van der Waals surface area contributed by atoms with E-state index in [0.29, 0.717) is 5.46 Å². The fourth-order valence-corrected chi connectivity index (χ4v) is 5.80. The van der Waals surface area contributed by atoms with E-state index in [4.69, 9.17) is 0 Å². The van der Waals surface area contributed by atoms with Crippen LogP contribution < -0.4 is 5.46 Å². The first kappa shape index (κ1) is 21.0. The Bertz CT molecular complexity index is 1870. The van der Waals surface area contributed by atoms with Crippen molar-refractivity contribution in [3.63, 3.8) is 0 Å². The summed E-state index contributed by atoms with van der Waals surface area (Å²) in [6.45, 7) is 0. The van der Waals surface area contributed by atoms with E-state index in [0.717, 1.165) is 49.4 Å². The molecule has 2 N–H and O–H groups in total. The van der Waals surface area contributed by atoms with Crippen molar-refractivity contribution in [2.45, 2.75) is 0 Å². The first-order valence-corrected chi connectivity index (χ1v) is 12.1. The second kappa shape index (κ2) is 8.09. The SMILES string of the molecule is OB(O)c1c2ccccc2c(-c2cccc3c4ccccc4n(-c4ccccc4)c23)c2ccccc12. The highest BCUT2D eigenvalue weighted by atomic mass is 16.4. The van der Waals surface area contributed by atoms with E-state index in [2.05, 4.69) is 83.4 Å². The van der Waals surface area contributed by atoms with Crippen LogP contribution >= 0.6 is 0 Å². The molecule has 0 atom stereocenters. The van der Waals surface area contributed by atoms with Gasteiger partial charge in [0.25, 0.3) is 0 Å². The van der Waals surface area contributed by atoms with Crippen LogP contribution in [0.2, 0.25) is 0 Å². The highest BCUT2D eigenvalue weighted by molar-refractivity contribution is 6.66. The van der Waals surface area contributed by atoms with Crippen molar-refractivity contribution in [2.24, 2.45) is 0 Å². The lowest BCUT2D eigenvalue weighted by Gasteiger charge is -2.18. The quantitative estimate of drug-likeness (QED) is 0.234. The lowest BCUT2D eigenvalue weighted by molar-refractivity contribution is 0.426. The van der Waals surface area contributed by atoms with E-state index in [9.17, 15) is 10.0 Å². The van der Waals surface area contributed by atoms with Gasteiger partial charge in [-0.25, -0.2) is 0 Å². The van der Waals surface area contributed by atoms with E-state index < -0.39 is 7.12 Å². The molecule has 0 saturated carbocycles. The zero-order valence-corrected chi connectivity index (χ0v) is 19.5. The highest BCUT2D eigenvalue weighted by Crippen LogP contribution is 2.42. The van der Waals surface area contributed by atoms with Gasteiger partial charge in [0.15, 0.2) is 0 Å². The van der Waals surface area contributed by atoms with Gasteiger partial charge in [0, 0.05) is 22.0 Å². The molecule has 4 heteroatoms. The molecule has 6 aromatic carbocycles. The molecular weight excluding hydrogens is 441 g/mol. The van der Waals surface area contributed by atoms with Gasteiger partial charge in [-0.15, -0.1) is 0 Å². The Hall–Kier alpha value is -4.38. The molecule has 0 fully saturated rings. The molecule has 3 nitrogen and oxygen atoms in total. The number of aromatic nitrogens is 1. The maximum atomic E-state index is 10.4. The predicted molar refractivity (Wildman–Crippen MR) is 151 cm³/mol. The lowest BCUT2D eigenvalue weighted by atomic mass is 9.72. The third-order valence-corrected chi connectivity index (χ3v) is 7.21. The number of hydrogen-bond donors (Lipinski definition) is 2. The van der Waals surface area contributed by atoms with Crippen molar-refractivity contribution >= 4 is 55.9 Å². The second-order valence-corrected chi connectivity index (χ2v) is 9.14. The summed E-state index contributed by atoms with van der Waals surface area (Å²) >= 11 is 0. The van der Waals surface area contributed by atoms with Crippen LogP contribution in [0.1, 0.15) is 0 Å². The minimum Gasteiger partial charge on any atom is -0.423 e. The minimum absolute atomic E-state index is 0.542.